The normalized spacial score (nSPS) is 11.5. The summed E-state index contributed by atoms with van der Waals surface area (Å²) < 4.78 is 0. The maximum absolute atomic E-state index is 9.47. The fourth-order valence-electron chi connectivity index (χ4n) is 2.90. The number of nitrogens with zero attached hydrogens (tertiary/aromatic N) is 3. The number of phenolic OH excluding ortho intramolecular Hbond substituents is 1. The fourth-order valence-corrected chi connectivity index (χ4v) is 2.90. The maximum atomic E-state index is 9.47. The lowest BCUT2D eigenvalue weighted by molar-refractivity contribution is 0.475. The molecule has 7 heteroatoms. The molecule has 28 heavy (non-hydrogen) atoms. The molecule has 0 aliphatic heterocycles. The molecule has 0 saturated heterocycles. The number of imidazole rings is 1. The molecule has 1 aromatic heterocycles. The molecule has 0 aliphatic carbocycles. The number of aromatic hydroxyl groups is 1. The van der Waals surface area contributed by atoms with Crippen LogP contribution in [0, 0.1) is 0 Å². The molecule has 0 saturated carbocycles. The third-order valence-corrected chi connectivity index (χ3v) is 4.21. The average Bonchev–Trinajstić information content (AvgIpc) is 3.13. The Hall–Kier alpha value is -4.13. The molecule has 138 valence electrons. The van der Waals surface area contributed by atoms with E-state index < -0.39 is 0 Å². The molecule has 6 N–H and O–H groups in total. The Morgan fingerprint density at radius 3 is 2.32 bits per heavy atom. The standard InChI is InChI=1S/C21H18N6O/c22-21(23)27-26-19(13-4-2-1-3-5-13)15-8-11-17-18(12-15)25-20(24-17)14-6-9-16(28)10-7-14/h1-12,28H,(H,24,25)(H4,22,23,27)/b26-19-. The van der Waals surface area contributed by atoms with Crippen molar-refractivity contribution >= 4 is 22.7 Å². The van der Waals surface area contributed by atoms with Crippen LogP contribution in [0.4, 0.5) is 0 Å². The molecule has 4 aromatic rings. The molecule has 7 nitrogen and oxygen atoms in total. The molecule has 1 heterocycles. The number of benzene rings is 3. The van der Waals surface area contributed by atoms with Crippen LogP contribution >= 0.6 is 0 Å². The number of aromatic amines is 1. The van der Waals surface area contributed by atoms with Crippen molar-refractivity contribution in [1.29, 1.82) is 0 Å². The summed E-state index contributed by atoms with van der Waals surface area (Å²) >= 11 is 0. The van der Waals surface area contributed by atoms with Gasteiger partial charge in [0.2, 0.25) is 5.96 Å². The van der Waals surface area contributed by atoms with Crippen LogP contribution < -0.4 is 11.5 Å². The zero-order valence-electron chi connectivity index (χ0n) is 14.9. The Bertz CT molecular complexity index is 1170. The van der Waals surface area contributed by atoms with Crippen LogP contribution in [0.25, 0.3) is 22.4 Å². The van der Waals surface area contributed by atoms with Crippen LogP contribution in [0.15, 0.2) is 83.0 Å². The maximum Gasteiger partial charge on any atom is 0.211 e. The van der Waals surface area contributed by atoms with Crippen molar-refractivity contribution < 1.29 is 5.11 Å². The molecular formula is C21H18N6O. The quantitative estimate of drug-likeness (QED) is 0.250. The minimum absolute atomic E-state index is 0.106. The second-order valence-electron chi connectivity index (χ2n) is 6.20. The summed E-state index contributed by atoms with van der Waals surface area (Å²) in [5, 5.41) is 17.5. The Morgan fingerprint density at radius 1 is 0.857 bits per heavy atom. The molecule has 0 bridgehead atoms. The Balaban J connectivity index is 1.79. The van der Waals surface area contributed by atoms with Gasteiger partial charge in [0.1, 0.15) is 17.3 Å². The highest BCUT2D eigenvalue weighted by atomic mass is 16.3. The summed E-state index contributed by atoms with van der Waals surface area (Å²) in [6.07, 6.45) is 0. The van der Waals surface area contributed by atoms with Gasteiger partial charge in [-0.2, -0.15) is 0 Å². The number of guanidine groups is 1. The van der Waals surface area contributed by atoms with Gasteiger partial charge < -0.3 is 21.6 Å². The van der Waals surface area contributed by atoms with Crippen molar-refractivity contribution in [3.63, 3.8) is 0 Å². The van der Waals surface area contributed by atoms with Crippen LogP contribution in [-0.4, -0.2) is 26.7 Å². The number of aromatic nitrogens is 2. The van der Waals surface area contributed by atoms with E-state index in [0.717, 1.165) is 33.5 Å². The summed E-state index contributed by atoms with van der Waals surface area (Å²) in [4.78, 5) is 7.93. The number of hydrogen-bond donors (Lipinski definition) is 4. The second-order valence-corrected chi connectivity index (χ2v) is 6.20. The van der Waals surface area contributed by atoms with Crippen molar-refractivity contribution in [3.05, 3.63) is 83.9 Å². The number of rotatable bonds is 4. The zero-order valence-corrected chi connectivity index (χ0v) is 14.9. The lowest BCUT2D eigenvalue weighted by Crippen LogP contribution is -2.22. The molecule has 0 atom stereocenters. The van der Waals surface area contributed by atoms with E-state index in [4.69, 9.17) is 11.5 Å². The van der Waals surface area contributed by atoms with E-state index in [2.05, 4.69) is 20.2 Å². The van der Waals surface area contributed by atoms with Gasteiger partial charge in [-0.15, -0.1) is 10.2 Å². The lowest BCUT2D eigenvalue weighted by atomic mass is 10.0. The van der Waals surface area contributed by atoms with Crippen molar-refractivity contribution in [2.24, 2.45) is 21.7 Å². The molecule has 0 spiro atoms. The van der Waals surface area contributed by atoms with Gasteiger partial charge in [-0.05, 0) is 36.4 Å². The van der Waals surface area contributed by atoms with Crippen molar-refractivity contribution in [3.8, 4) is 17.1 Å². The molecule has 0 amide bonds. The van der Waals surface area contributed by atoms with Gasteiger partial charge in [-0.1, -0.05) is 36.4 Å². The van der Waals surface area contributed by atoms with Crippen LogP contribution in [0.5, 0.6) is 5.75 Å². The zero-order chi connectivity index (χ0) is 19.5. The van der Waals surface area contributed by atoms with Crippen LogP contribution in [0.1, 0.15) is 11.1 Å². The third-order valence-electron chi connectivity index (χ3n) is 4.21. The van der Waals surface area contributed by atoms with Gasteiger partial charge in [0, 0.05) is 16.7 Å². The molecule has 0 fully saturated rings. The number of hydrogen-bond acceptors (Lipinski definition) is 4. The Labute approximate surface area is 161 Å². The van der Waals surface area contributed by atoms with Gasteiger partial charge in [0.25, 0.3) is 0 Å². The SMILES string of the molecule is NC(N)=N/N=C(/c1ccccc1)c1ccc2nc(-c3ccc(O)cc3)[nH]c2c1. The summed E-state index contributed by atoms with van der Waals surface area (Å²) in [5.41, 5.74) is 15.9. The number of nitrogens with one attached hydrogen (secondary N) is 1. The van der Waals surface area contributed by atoms with E-state index in [-0.39, 0.29) is 11.7 Å². The molecule has 0 unspecified atom stereocenters. The Morgan fingerprint density at radius 2 is 1.61 bits per heavy atom. The van der Waals surface area contributed by atoms with Gasteiger partial charge >= 0.3 is 0 Å². The number of H-pyrrole nitrogens is 1. The van der Waals surface area contributed by atoms with Gasteiger partial charge in [-0.25, -0.2) is 4.98 Å². The molecule has 0 aliphatic rings. The largest absolute Gasteiger partial charge is 0.508 e. The molecular weight excluding hydrogens is 352 g/mol. The van der Waals surface area contributed by atoms with Crippen molar-refractivity contribution in [2.45, 2.75) is 0 Å². The Kier molecular flexibility index (Phi) is 4.47. The first-order valence-electron chi connectivity index (χ1n) is 8.62. The molecule has 4 rings (SSSR count). The minimum atomic E-state index is -0.106. The highest BCUT2D eigenvalue weighted by Gasteiger charge is 2.11. The first kappa shape index (κ1) is 17.3. The second kappa shape index (κ2) is 7.24. The third kappa shape index (κ3) is 3.54. The number of nitrogens with two attached hydrogens (primary N) is 2. The van der Waals surface area contributed by atoms with E-state index in [1.807, 2.05) is 60.7 Å². The van der Waals surface area contributed by atoms with E-state index in [9.17, 15) is 5.11 Å². The molecule has 3 aromatic carbocycles. The number of fused-ring (bicyclic) bond motifs is 1. The van der Waals surface area contributed by atoms with Gasteiger partial charge in [0.15, 0.2) is 0 Å². The van der Waals surface area contributed by atoms with E-state index in [0.29, 0.717) is 5.71 Å². The van der Waals surface area contributed by atoms with Gasteiger partial charge in [-0.3, -0.25) is 0 Å². The average molecular weight is 370 g/mol. The monoisotopic (exact) mass is 370 g/mol. The van der Waals surface area contributed by atoms with E-state index in [1.165, 1.54) is 0 Å². The smallest absolute Gasteiger partial charge is 0.211 e. The predicted molar refractivity (Wildman–Crippen MR) is 111 cm³/mol. The molecule has 0 radical (unpaired) electrons. The van der Waals surface area contributed by atoms with E-state index >= 15 is 0 Å². The van der Waals surface area contributed by atoms with Crippen molar-refractivity contribution in [1.82, 2.24) is 9.97 Å². The van der Waals surface area contributed by atoms with Crippen molar-refractivity contribution in [2.75, 3.05) is 0 Å². The highest BCUT2D eigenvalue weighted by Crippen LogP contribution is 2.24. The lowest BCUT2D eigenvalue weighted by Gasteiger charge is -2.05. The predicted octanol–water partition coefficient (Wildman–Crippen LogP) is 2.96. The topological polar surface area (TPSA) is 126 Å². The van der Waals surface area contributed by atoms with Crippen LogP contribution in [0.3, 0.4) is 0 Å². The van der Waals surface area contributed by atoms with Crippen LogP contribution in [0.2, 0.25) is 0 Å². The van der Waals surface area contributed by atoms with Crippen LogP contribution in [-0.2, 0) is 0 Å². The first-order valence-corrected chi connectivity index (χ1v) is 8.62. The first-order chi connectivity index (χ1) is 13.6. The highest BCUT2D eigenvalue weighted by molar-refractivity contribution is 6.14. The summed E-state index contributed by atoms with van der Waals surface area (Å²) in [6, 6.07) is 22.4. The van der Waals surface area contributed by atoms with Gasteiger partial charge in [0.05, 0.1) is 11.0 Å². The summed E-state index contributed by atoms with van der Waals surface area (Å²) in [6.45, 7) is 0. The fraction of sp³-hybridized carbons (Fsp3) is 0. The summed E-state index contributed by atoms with van der Waals surface area (Å²) in [5.74, 6) is 0.825. The summed E-state index contributed by atoms with van der Waals surface area (Å²) in [7, 11) is 0. The van der Waals surface area contributed by atoms with E-state index in [1.54, 1.807) is 12.1 Å². The minimum Gasteiger partial charge on any atom is -0.508 e. The number of phenols is 1.